The molecule has 0 aliphatic heterocycles. The number of aromatic nitrogens is 3. The highest BCUT2D eigenvalue weighted by atomic mass is 32.2. The largest absolute Gasteiger partial charge is 0.349 e. The summed E-state index contributed by atoms with van der Waals surface area (Å²) in [6, 6.07) is 22.1. The fourth-order valence-corrected chi connectivity index (χ4v) is 4.17. The van der Waals surface area contributed by atoms with Gasteiger partial charge in [0, 0.05) is 5.56 Å². The van der Waals surface area contributed by atoms with Crippen LogP contribution in [0.4, 0.5) is 0 Å². The van der Waals surface area contributed by atoms with Crippen LogP contribution in [0.25, 0.3) is 22.2 Å². The second-order valence-electron chi connectivity index (χ2n) is 7.14. The van der Waals surface area contributed by atoms with E-state index >= 15 is 0 Å². The number of hydrogen-bond acceptors (Lipinski definition) is 5. The van der Waals surface area contributed by atoms with Crippen molar-refractivity contribution in [3.8, 4) is 11.4 Å². The van der Waals surface area contributed by atoms with Gasteiger partial charge in [-0.2, -0.15) is 0 Å². The molecule has 1 aromatic heterocycles. The molecule has 0 aliphatic carbocycles. The van der Waals surface area contributed by atoms with Gasteiger partial charge in [-0.1, -0.05) is 78.5 Å². The highest BCUT2D eigenvalue weighted by molar-refractivity contribution is 7.99. The van der Waals surface area contributed by atoms with Crippen molar-refractivity contribution in [1.82, 2.24) is 20.2 Å². The van der Waals surface area contributed by atoms with Crippen LogP contribution in [-0.4, -0.2) is 26.5 Å². The fraction of sp³-hybridized carbons (Fsp3) is 0.174. The van der Waals surface area contributed by atoms with Crippen LogP contribution in [0.1, 0.15) is 24.1 Å². The zero-order chi connectivity index (χ0) is 21.1. The third-order valence-electron chi connectivity index (χ3n) is 5.05. The normalized spacial score (nSPS) is 12.1. The first-order valence-electron chi connectivity index (χ1n) is 9.71. The summed E-state index contributed by atoms with van der Waals surface area (Å²) in [5.74, 6) is 6.89. The van der Waals surface area contributed by atoms with Crippen molar-refractivity contribution >= 4 is 28.4 Å². The first-order valence-corrected chi connectivity index (χ1v) is 10.7. The standard InChI is InChI=1S/C23H23N5OS/c1-15-8-3-5-11-18(15)22-26-27-23(28(22)24)30-14-21(29)25-16(2)19-13-7-10-17-9-4-6-12-20(17)19/h3-13,16H,14,24H2,1-2H3,(H,25,29)/t16-/m1/s1. The Morgan fingerprint density at radius 1 is 1.07 bits per heavy atom. The monoisotopic (exact) mass is 417 g/mol. The lowest BCUT2D eigenvalue weighted by atomic mass is 10.00. The van der Waals surface area contributed by atoms with E-state index < -0.39 is 0 Å². The minimum absolute atomic E-state index is 0.0825. The molecule has 0 spiro atoms. The van der Waals surface area contributed by atoms with Crippen molar-refractivity contribution < 1.29 is 4.79 Å². The Bertz CT molecular complexity index is 1200. The SMILES string of the molecule is Cc1ccccc1-c1nnc(SCC(=O)N[C@H](C)c2cccc3ccccc23)n1N. The summed E-state index contributed by atoms with van der Waals surface area (Å²) < 4.78 is 1.44. The molecule has 3 N–H and O–H groups in total. The molecule has 1 atom stereocenters. The number of nitrogen functional groups attached to an aromatic ring is 1. The summed E-state index contributed by atoms with van der Waals surface area (Å²) in [7, 11) is 0. The molecule has 4 aromatic rings. The summed E-state index contributed by atoms with van der Waals surface area (Å²) in [4.78, 5) is 12.5. The number of hydrogen-bond donors (Lipinski definition) is 2. The van der Waals surface area contributed by atoms with Gasteiger partial charge in [0.05, 0.1) is 11.8 Å². The molecule has 0 saturated carbocycles. The maximum absolute atomic E-state index is 12.5. The average Bonchev–Trinajstić information content (AvgIpc) is 3.12. The Morgan fingerprint density at radius 3 is 2.63 bits per heavy atom. The van der Waals surface area contributed by atoms with Crippen LogP contribution in [0.15, 0.2) is 71.9 Å². The molecule has 0 aliphatic rings. The Labute approximate surface area is 179 Å². The molecule has 0 saturated heterocycles. The quantitative estimate of drug-likeness (QED) is 0.365. The number of carbonyl (C=O) groups excluding carboxylic acids is 1. The zero-order valence-corrected chi connectivity index (χ0v) is 17.7. The number of benzene rings is 3. The third kappa shape index (κ3) is 4.02. The number of fused-ring (bicyclic) bond motifs is 1. The predicted octanol–water partition coefficient (Wildman–Crippen LogP) is 4.09. The van der Waals surface area contributed by atoms with Crippen molar-refractivity contribution in [2.45, 2.75) is 25.0 Å². The number of nitrogens with one attached hydrogen (secondary N) is 1. The Kier molecular flexibility index (Phi) is 5.72. The smallest absolute Gasteiger partial charge is 0.230 e. The first kappa shape index (κ1) is 20.0. The summed E-state index contributed by atoms with van der Waals surface area (Å²) >= 11 is 1.27. The summed E-state index contributed by atoms with van der Waals surface area (Å²) in [6.07, 6.45) is 0. The fourth-order valence-electron chi connectivity index (χ4n) is 3.50. The van der Waals surface area contributed by atoms with Gasteiger partial charge in [-0.15, -0.1) is 10.2 Å². The number of rotatable bonds is 6. The molecule has 1 heterocycles. The maximum Gasteiger partial charge on any atom is 0.230 e. The molecule has 152 valence electrons. The molecule has 7 heteroatoms. The van der Waals surface area contributed by atoms with Crippen molar-refractivity contribution in [1.29, 1.82) is 0 Å². The van der Waals surface area contributed by atoms with Gasteiger partial charge in [0.15, 0.2) is 5.82 Å². The van der Waals surface area contributed by atoms with Crippen LogP contribution in [0.3, 0.4) is 0 Å². The molecule has 1 amide bonds. The van der Waals surface area contributed by atoms with E-state index in [0.717, 1.165) is 27.5 Å². The van der Waals surface area contributed by atoms with Gasteiger partial charge >= 0.3 is 0 Å². The van der Waals surface area contributed by atoms with Crippen molar-refractivity contribution in [2.75, 3.05) is 11.6 Å². The van der Waals surface area contributed by atoms with Gasteiger partial charge in [0.1, 0.15) is 0 Å². The molecule has 0 fully saturated rings. The van der Waals surface area contributed by atoms with Crippen LogP contribution < -0.4 is 11.2 Å². The van der Waals surface area contributed by atoms with Crippen LogP contribution in [0, 0.1) is 6.92 Å². The van der Waals surface area contributed by atoms with E-state index in [9.17, 15) is 4.79 Å². The van der Waals surface area contributed by atoms with Crippen LogP contribution >= 0.6 is 11.8 Å². The average molecular weight is 418 g/mol. The van der Waals surface area contributed by atoms with E-state index in [1.807, 2.05) is 62.4 Å². The lowest BCUT2D eigenvalue weighted by molar-refractivity contribution is -0.119. The Hall–Kier alpha value is -3.32. The lowest BCUT2D eigenvalue weighted by Crippen LogP contribution is -2.28. The number of nitrogens with two attached hydrogens (primary N) is 1. The summed E-state index contributed by atoms with van der Waals surface area (Å²) in [5, 5.41) is 14.2. The minimum atomic E-state index is -0.109. The maximum atomic E-state index is 12.5. The van der Waals surface area contributed by atoms with Crippen LogP contribution in [-0.2, 0) is 4.79 Å². The molecular formula is C23H23N5OS. The number of aryl methyl sites for hydroxylation is 1. The van der Waals surface area contributed by atoms with Gasteiger partial charge in [-0.3, -0.25) is 4.79 Å². The molecule has 4 rings (SSSR count). The molecular weight excluding hydrogens is 394 g/mol. The third-order valence-corrected chi connectivity index (χ3v) is 5.99. The molecule has 30 heavy (non-hydrogen) atoms. The lowest BCUT2D eigenvalue weighted by Gasteiger charge is -2.16. The van der Waals surface area contributed by atoms with Crippen molar-refractivity contribution in [3.05, 3.63) is 77.9 Å². The van der Waals surface area contributed by atoms with E-state index in [-0.39, 0.29) is 17.7 Å². The van der Waals surface area contributed by atoms with Crippen LogP contribution in [0.5, 0.6) is 0 Å². The highest BCUT2D eigenvalue weighted by Gasteiger charge is 2.17. The number of nitrogens with zero attached hydrogens (tertiary/aromatic N) is 3. The van der Waals surface area contributed by atoms with Gasteiger partial charge in [-0.25, -0.2) is 4.68 Å². The van der Waals surface area contributed by atoms with Gasteiger partial charge in [-0.05, 0) is 35.7 Å². The summed E-state index contributed by atoms with van der Waals surface area (Å²) in [5.41, 5.74) is 3.08. The predicted molar refractivity (Wildman–Crippen MR) is 122 cm³/mol. The number of thioether (sulfide) groups is 1. The van der Waals surface area contributed by atoms with E-state index in [0.29, 0.717) is 11.0 Å². The van der Waals surface area contributed by atoms with Crippen LogP contribution in [0.2, 0.25) is 0 Å². The molecule has 0 bridgehead atoms. The van der Waals surface area contributed by atoms with Gasteiger partial charge in [0.25, 0.3) is 0 Å². The molecule has 0 unspecified atom stereocenters. The second-order valence-corrected chi connectivity index (χ2v) is 8.08. The zero-order valence-electron chi connectivity index (χ0n) is 16.9. The topological polar surface area (TPSA) is 85.8 Å². The second kappa shape index (κ2) is 8.59. The van der Waals surface area contributed by atoms with E-state index in [1.54, 1.807) is 0 Å². The van der Waals surface area contributed by atoms with E-state index in [1.165, 1.54) is 16.4 Å². The highest BCUT2D eigenvalue weighted by Crippen LogP contribution is 2.26. The molecule has 3 aromatic carbocycles. The van der Waals surface area contributed by atoms with Gasteiger partial charge in [0.2, 0.25) is 11.1 Å². The molecule has 6 nitrogen and oxygen atoms in total. The van der Waals surface area contributed by atoms with E-state index in [2.05, 4.69) is 33.7 Å². The molecule has 0 radical (unpaired) electrons. The van der Waals surface area contributed by atoms with Crippen molar-refractivity contribution in [2.24, 2.45) is 0 Å². The summed E-state index contributed by atoms with van der Waals surface area (Å²) in [6.45, 7) is 3.99. The first-order chi connectivity index (χ1) is 14.5. The number of amides is 1. The van der Waals surface area contributed by atoms with Gasteiger partial charge < -0.3 is 11.2 Å². The minimum Gasteiger partial charge on any atom is -0.349 e. The Morgan fingerprint density at radius 2 is 1.80 bits per heavy atom. The van der Waals surface area contributed by atoms with Crippen molar-refractivity contribution in [3.63, 3.8) is 0 Å². The number of carbonyl (C=O) groups is 1. The Balaban J connectivity index is 1.42. The van der Waals surface area contributed by atoms with E-state index in [4.69, 9.17) is 5.84 Å².